The monoisotopic (exact) mass is 380 g/mol. The summed E-state index contributed by atoms with van der Waals surface area (Å²) in [5, 5.41) is 4.49. The van der Waals surface area contributed by atoms with Crippen LogP contribution >= 0.6 is 0 Å². The number of benzene rings is 2. The summed E-state index contributed by atoms with van der Waals surface area (Å²) in [5.41, 5.74) is 4.57. The second-order valence-electron chi connectivity index (χ2n) is 7.33. The van der Waals surface area contributed by atoms with E-state index in [1.54, 1.807) is 13.2 Å². The van der Waals surface area contributed by atoms with E-state index < -0.39 is 0 Å². The summed E-state index contributed by atoms with van der Waals surface area (Å²) >= 11 is 0. The first-order valence-corrected chi connectivity index (χ1v) is 9.45. The van der Waals surface area contributed by atoms with Gasteiger partial charge in [0.15, 0.2) is 0 Å². The number of para-hydroxylation sites is 1. The van der Waals surface area contributed by atoms with Gasteiger partial charge in [0.05, 0.1) is 13.2 Å². The lowest BCUT2D eigenvalue weighted by Gasteiger charge is -2.26. The van der Waals surface area contributed by atoms with Crippen molar-refractivity contribution in [3.63, 3.8) is 0 Å². The summed E-state index contributed by atoms with van der Waals surface area (Å²) in [6, 6.07) is 13.9. The van der Waals surface area contributed by atoms with Crippen LogP contribution in [0.15, 0.2) is 51.7 Å². The molecule has 0 spiro atoms. The van der Waals surface area contributed by atoms with Gasteiger partial charge in [-0.05, 0) is 50.7 Å². The highest BCUT2D eigenvalue weighted by molar-refractivity contribution is 5.83. The molecule has 0 aliphatic rings. The normalized spacial score (nSPS) is 12.5. The van der Waals surface area contributed by atoms with Crippen LogP contribution in [0.2, 0.25) is 0 Å². The van der Waals surface area contributed by atoms with E-state index >= 15 is 0 Å². The zero-order valence-electron chi connectivity index (χ0n) is 17.2. The Labute approximate surface area is 165 Å². The molecule has 1 atom stereocenters. The lowest BCUT2D eigenvalue weighted by Crippen LogP contribution is -2.31. The van der Waals surface area contributed by atoms with Crippen LogP contribution in [-0.4, -0.2) is 32.6 Å². The molecule has 5 nitrogen and oxygen atoms in total. The van der Waals surface area contributed by atoms with E-state index in [0.717, 1.165) is 39.9 Å². The second kappa shape index (κ2) is 8.59. The van der Waals surface area contributed by atoms with E-state index in [1.807, 2.05) is 38.1 Å². The van der Waals surface area contributed by atoms with Gasteiger partial charge in [-0.1, -0.05) is 30.3 Å². The van der Waals surface area contributed by atoms with E-state index in [2.05, 4.69) is 36.4 Å². The first-order chi connectivity index (χ1) is 13.4. The molecule has 0 aliphatic carbocycles. The van der Waals surface area contributed by atoms with E-state index in [4.69, 9.17) is 9.15 Å². The van der Waals surface area contributed by atoms with Gasteiger partial charge in [-0.25, -0.2) is 4.79 Å². The zero-order valence-corrected chi connectivity index (χ0v) is 17.2. The largest absolute Gasteiger partial charge is 0.496 e. The van der Waals surface area contributed by atoms with Crippen LogP contribution in [0.4, 0.5) is 0 Å². The second-order valence-corrected chi connectivity index (χ2v) is 7.33. The molecule has 0 saturated carbocycles. The topological polar surface area (TPSA) is 54.7 Å². The molecule has 5 heteroatoms. The van der Waals surface area contributed by atoms with Crippen molar-refractivity contribution in [2.24, 2.45) is 0 Å². The number of hydrogen-bond donors (Lipinski definition) is 1. The molecule has 0 radical (unpaired) electrons. The Balaban J connectivity index is 1.84. The summed E-state index contributed by atoms with van der Waals surface area (Å²) < 4.78 is 11.0. The third-order valence-electron chi connectivity index (χ3n) is 5.29. The van der Waals surface area contributed by atoms with E-state index in [-0.39, 0.29) is 11.7 Å². The molecule has 0 unspecified atom stereocenters. The maximum absolute atomic E-state index is 12.1. The minimum absolute atomic E-state index is 0.145. The average molecular weight is 380 g/mol. The van der Waals surface area contributed by atoms with Gasteiger partial charge >= 0.3 is 5.63 Å². The number of ether oxygens (including phenoxy) is 1. The number of rotatable bonds is 7. The number of fused-ring (bicyclic) bond motifs is 1. The smallest absolute Gasteiger partial charge is 0.336 e. The van der Waals surface area contributed by atoms with Crippen LogP contribution in [0.3, 0.4) is 0 Å². The number of likely N-dealkylation sites (N-methyl/N-ethyl adjacent to an activating group) is 1. The number of aryl methyl sites for hydroxylation is 2. The van der Waals surface area contributed by atoms with Crippen molar-refractivity contribution in [3.8, 4) is 5.75 Å². The van der Waals surface area contributed by atoms with Crippen LogP contribution in [-0.2, 0) is 6.54 Å². The van der Waals surface area contributed by atoms with Gasteiger partial charge in [0.1, 0.15) is 11.3 Å². The summed E-state index contributed by atoms with van der Waals surface area (Å²) in [4.78, 5) is 14.2. The molecule has 1 aromatic heterocycles. The molecular formula is C23H28N2O3. The van der Waals surface area contributed by atoms with E-state index in [9.17, 15) is 4.79 Å². The quantitative estimate of drug-likeness (QED) is 0.632. The number of methoxy groups -OCH3 is 1. The highest BCUT2D eigenvalue weighted by Gasteiger charge is 2.18. The summed E-state index contributed by atoms with van der Waals surface area (Å²) in [7, 11) is 5.80. The van der Waals surface area contributed by atoms with Crippen LogP contribution in [0, 0.1) is 13.8 Å². The molecular weight excluding hydrogens is 352 g/mol. The van der Waals surface area contributed by atoms with Crippen LogP contribution in [0.1, 0.15) is 28.3 Å². The molecule has 0 amide bonds. The first-order valence-electron chi connectivity index (χ1n) is 9.45. The molecule has 0 aliphatic heterocycles. The number of nitrogens with zero attached hydrogens (tertiary/aromatic N) is 1. The third-order valence-corrected chi connectivity index (χ3v) is 5.29. The minimum atomic E-state index is -0.313. The van der Waals surface area contributed by atoms with Crippen LogP contribution < -0.4 is 15.7 Å². The van der Waals surface area contributed by atoms with Crippen molar-refractivity contribution in [3.05, 3.63) is 75.1 Å². The van der Waals surface area contributed by atoms with Crippen molar-refractivity contribution in [1.82, 2.24) is 10.2 Å². The van der Waals surface area contributed by atoms with E-state index in [1.165, 1.54) is 0 Å². The molecule has 2 aromatic carbocycles. The molecule has 1 N–H and O–H groups in total. The van der Waals surface area contributed by atoms with E-state index in [0.29, 0.717) is 12.1 Å². The molecule has 3 aromatic rings. The Bertz CT molecular complexity index is 1020. The van der Waals surface area contributed by atoms with Crippen molar-refractivity contribution < 1.29 is 9.15 Å². The summed E-state index contributed by atoms with van der Waals surface area (Å²) in [5.74, 6) is 0.875. The van der Waals surface area contributed by atoms with Crippen LogP contribution in [0.25, 0.3) is 11.0 Å². The zero-order chi connectivity index (χ0) is 20.3. The maximum atomic E-state index is 12.1. The van der Waals surface area contributed by atoms with Gasteiger partial charge in [-0.2, -0.15) is 0 Å². The van der Waals surface area contributed by atoms with Gasteiger partial charge in [0.2, 0.25) is 0 Å². The lowest BCUT2D eigenvalue weighted by atomic mass is 10.0. The molecule has 0 fully saturated rings. The Hall–Kier alpha value is -2.63. The average Bonchev–Trinajstić information content (AvgIpc) is 2.68. The Morgan fingerprint density at radius 2 is 1.89 bits per heavy atom. The highest BCUT2D eigenvalue weighted by atomic mass is 16.5. The standard InChI is InChI=1S/C23H28N2O3/c1-15-10-11-18-17(12-22(26)28-23(18)16(15)2)13-24-14-20(25(3)4)19-8-6-7-9-21(19)27-5/h6-12,20,24H,13-14H2,1-5H3/t20-/m0/s1. The van der Waals surface area contributed by atoms with Crippen molar-refractivity contribution in [1.29, 1.82) is 0 Å². The third kappa shape index (κ3) is 4.11. The number of nitrogens with one attached hydrogen (secondary N) is 1. The predicted molar refractivity (Wildman–Crippen MR) is 113 cm³/mol. The highest BCUT2D eigenvalue weighted by Crippen LogP contribution is 2.28. The summed E-state index contributed by atoms with van der Waals surface area (Å²) in [6.45, 7) is 5.32. The Morgan fingerprint density at radius 1 is 1.14 bits per heavy atom. The van der Waals surface area contributed by atoms with Gasteiger partial charge in [0.25, 0.3) is 0 Å². The van der Waals surface area contributed by atoms with Crippen LogP contribution in [0.5, 0.6) is 5.75 Å². The molecule has 0 bridgehead atoms. The SMILES string of the molecule is COc1ccccc1[C@H](CNCc1cc(=O)oc2c(C)c(C)ccc12)N(C)C. The van der Waals surface area contributed by atoms with Gasteiger partial charge < -0.3 is 19.4 Å². The first kappa shape index (κ1) is 20.1. The van der Waals surface area contributed by atoms with Gasteiger partial charge in [0, 0.05) is 30.1 Å². The molecule has 28 heavy (non-hydrogen) atoms. The lowest BCUT2D eigenvalue weighted by molar-refractivity contribution is 0.279. The summed E-state index contributed by atoms with van der Waals surface area (Å²) in [6.07, 6.45) is 0. The molecule has 3 rings (SSSR count). The fraction of sp³-hybridized carbons (Fsp3) is 0.348. The molecule has 0 saturated heterocycles. The van der Waals surface area contributed by atoms with Crippen molar-refractivity contribution in [2.45, 2.75) is 26.4 Å². The Morgan fingerprint density at radius 3 is 2.61 bits per heavy atom. The molecule has 1 heterocycles. The maximum Gasteiger partial charge on any atom is 0.336 e. The van der Waals surface area contributed by atoms with Crippen molar-refractivity contribution >= 4 is 11.0 Å². The fourth-order valence-electron chi connectivity index (χ4n) is 3.53. The fourth-order valence-corrected chi connectivity index (χ4v) is 3.53. The Kier molecular flexibility index (Phi) is 6.17. The minimum Gasteiger partial charge on any atom is -0.496 e. The van der Waals surface area contributed by atoms with Gasteiger partial charge in [-0.3, -0.25) is 0 Å². The van der Waals surface area contributed by atoms with Gasteiger partial charge in [-0.15, -0.1) is 0 Å². The molecule has 148 valence electrons. The predicted octanol–water partition coefficient (Wildman–Crippen LogP) is 3.81. The number of hydrogen-bond acceptors (Lipinski definition) is 5. The van der Waals surface area contributed by atoms with Crippen molar-refractivity contribution in [2.75, 3.05) is 27.7 Å².